The molecular weight excluding hydrogens is 448 g/mol. The van der Waals surface area contributed by atoms with Gasteiger partial charge in [-0.25, -0.2) is 4.68 Å². The summed E-state index contributed by atoms with van der Waals surface area (Å²) in [6.45, 7) is 9.83. The summed E-state index contributed by atoms with van der Waals surface area (Å²) < 4.78 is 1.93. The van der Waals surface area contributed by atoms with Crippen molar-refractivity contribution in [3.8, 4) is 0 Å². The van der Waals surface area contributed by atoms with E-state index >= 15 is 0 Å². The number of H-pyrrole nitrogens is 1. The molecule has 1 N–H and O–H groups in total. The molecule has 0 bridgehead atoms. The number of aryl methyl sites for hydroxylation is 2. The van der Waals surface area contributed by atoms with E-state index in [-0.39, 0.29) is 17.5 Å². The van der Waals surface area contributed by atoms with Gasteiger partial charge in [0.15, 0.2) is 5.82 Å². The number of aromatic nitrogens is 5. The van der Waals surface area contributed by atoms with Gasteiger partial charge in [0.1, 0.15) is 0 Å². The third-order valence-electron chi connectivity index (χ3n) is 7.52. The summed E-state index contributed by atoms with van der Waals surface area (Å²) in [4.78, 5) is 18.9. The zero-order valence-electron chi connectivity index (χ0n) is 21.7. The van der Waals surface area contributed by atoms with Gasteiger partial charge < -0.3 is 4.98 Å². The van der Waals surface area contributed by atoms with Crippen LogP contribution in [-0.4, -0.2) is 36.1 Å². The molecule has 1 fully saturated rings. The van der Waals surface area contributed by atoms with Gasteiger partial charge in [-0.05, 0) is 71.9 Å². The summed E-state index contributed by atoms with van der Waals surface area (Å²) in [6, 6.07) is 17.0. The Morgan fingerprint density at radius 3 is 2.56 bits per heavy atom. The number of hydrogen-bond donors (Lipinski definition) is 1. The number of nitrogens with zero attached hydrogens (tertiary/aromatic N) is 5. The highest BCUT2D eigenvalue weighted by Crippen LogP contribution is 2.36. The van der Waals surface area contributed by atoms with Crippen molar-refractivity contribution in [1.82, 2.24) is 30.1 Å². The first-order valence-corrected chi connectivity index (χ1v) is 13.1. The Bertz CT molecular complexity index is 1380. The monoisotopic (exact) mass is 484 g/mol. The Morgan fingerprint density at radius 1 is 1.08 bits per heavy atom. The molecule has 7 nitrogen and oxygen atoms in total. The summed E-state index contributed by atoms with van der Waals surface area (Å²) in [5, 5.41) is 14.1. The second kappa shape index (κ2) is 10.3. The normalized spacial score (nSPS) is 15.4. The molecular formula is C29H36N6O. The van der Waals surface area contributed by atoms with E-state index in [0.29, 0.717) is 19.1 Å². The molecule has 0 unspecified atom stereocenters. The van der Waals surface area contributed by atoms with Crippen LogP contribution in [0.2, 0.25) is 0 Å². The molecule has 1 saturated carbocycles. The van der Waals surface area contributed by atoms with Crippen LogP contribution in [-0.2, 0) is 13.1 Å². The van der Waals surface area contributed by atoms with E-state index in [1.165, 1.54) is 18.4 Å². The lowest BCUT2D eigenvalue weighted by atomic mass is 9.97. The van der Waals surface area contributed by atoms with Crippen LogP contribution >= 0.6 is 0 Å². The fourth-order valence-corrected chi connectivity index (χ4v) is 5.84. The molecule has 0 radical (unpaired) electrons. The van der Waals surface area contributed by atoms with Gasteiger partial charge in [0.2, 0.25) is 0 Å². The Labute approximate surface area is 212 Å². The molecule has 0 amide bonds. The van der Waals surface area contributed by atoms with Gasteiger partial charge in [-0.2, -0.15) is 0 Å². The van der Waals surface area contributed by atoms with Crippen molar-refractivity contribution in [2.75, 3.05) is 0 Å². The fraction of sp³-hybridized carbons (Fsp3) is 0.448. The van der Waals surface area contributed by atoms with E-state index in [1.807, 2.05) is 22.9 Å². The van der Waals surface area contributed by atoms with Crippen molar-refractivity contribution in [1.29, 1.82) is 0 Å². The number of rotatable bonds is 8. The zero-order valence-corrected chi connectivity index (χ0v) is 21.7. The van der Waals surface area contributed by atoms with Crippen LogP contribution in [0.15, 0.2) is 53.3 Å². The van der Waals surface area contributed by atoms with Crippen molar-refractivity contribution >= 4 is 10.9 Å². The lowest BCUT2D eigenvalue weighted by Crippen LogP contribution is -2.41. The van der Waals surface area contributed by atoms with Crippen molar-refractivity contribution < 1.29 is 0 Å². The van der Waals surface area contributed by atoms with Crippen LogP contribution in [0.5, 0.6) is 0 Å². The number of nitrogens with one attached hydrogen (secondary N) is 1. The number of aromatic amines is 1. The average Bonchev–Trinajstić information content (AvgIpc) is 3.52. The van der Waals surface area contributed by atoms with Crippen LogP contribution in [0.3, 0.4) is 0 Å². The van der Waals surface area contributed by atoms with Gasteiger partial charge >= 0.3 is 0 Å². The lowest BCUT2D eigenvalue weighted by molar-refractivity contribution is 0.0844. The molecule has 0 spiro atoms. The Kier molecular flexibility index (Phi) is 7.01. The molecule has 2 aromatic carbocycles. The molecule has 4 aromatic rings. The minimum Gasteiger partial charge on any atom is -0.322 e. The first-order chi connectivity index (χ1) is 17.4. The molecule has 5 rings (SSSR count). The van der Waals surface area contributed by atoms with Crippen molar-refractivity contribution in [3.63, 3.8) is 0 Å². The largest absolute Gasteiger partial charge is 0.322 e. The van der Waals surface area contributed by atoms with Gasteiger partial charge in [-0.15, -0.1) is 5.10 Å². The molecule has 1 aliphatic rings. The van der Waals surface area contributed by atoms with Crippen molar-refractivity contribution in [3.05, 3.63) is 87.0 Å². The maximum absolute atomic E-state index is 13.3. The van der Waals surface area contributed by atoms with Gasteiger partial charge in [0, 0.05) is 29.1 Å². The average molecular weight is 485 g/mol. The number of fused-ring (bicyclic) bond motifs is 1. The van der Waals surface area contributed by atoms with E-state index in [2.05, 4.69) is 83.4 Å². The second-order valence-corrected chi connectivity index (χ2v) is 10.6. The molecule has 7 heteroatoms. The standard InChI is InChI=1S/C29H36N6O/c1-19(2)27(28-31-32-33-35(28)17-22-10-6-5-7-11-22)34(24-12-8-9-13-24)18-23-16-25-21(4)14-20(3)15-26(25)30-29(23)36/h5-7,10-11,14-16,19,24,27H,8-9,12-13,17-18H2,1-4H3,(H,30,36)/t27-/m0/s1. The van der Waals surface area contributed by atoms with Crippen molar-refractivity contribution in [2.24, 2.45) is 5.92 Å². The quantitative estimate of drug-likeness (QED) is 0.366. The summed E-state index contributed by atoms with van der Waals surface area (Å²) >= 11 is 0. The lowest BCUT2D eigenvalue weighted by Gasteiger charge is -2.38. The number of benzene rings is 2. The number of tetrazole rings is 1. The Balaban J connectivity index is 1.54. The summed E-state index contributed by atoms with van der Waals surface area (Å²) in [7, 11) is 0. The van der Waals surface area contributed by atoms with Crippen molar-refractivity contribution in [2.45, 2.75) is 78.6 Å². The minimum absolute atomic E-state index is 0.000948. The fourth-order valence-electron chi connectivity index (χ4n) is 5.84. The smallest absolute Gasteiger partial charge is 0.252 e. The predicted molar refractivity (Wildman–Crippen MR) is 143 cm³/mol. The summed E-state index contributed by atoms with van der Waals surface area (Å²) in [6.07, 6.45) is 4.70. The van der Waals surface area contributed by atoms with Gasteiger partial charge in [0.25, 0.3) is 5.56 Å². The Hall–Kier alpha value is -3.32. The highest BCUT2D eigenvalue weighted by atomic mass is 16.1. The van der Waals surface area contributed by atoms with Crippen LogP contribution < -0.4 is 5.56 Å². The van der Waals surface area contributed by atoms with E-state index in [0.717, 1.165) is 46.3 Å². The predicted octanol–water partition coefficient (Wildman–Crippen LogP) is 5.32. The molecule has 0 saturated heterocycles. The van der Waals surface area contributed by atoms with Gasteiger partial charge in [0.05, 0.1) is 12.6 Å². The maximum atomic E-state index is 13.3. The highest BCUT2D eigenvalue weighted by Gasteiger charge is 2.35. The first-order valence-electron chi connectivity index (χ1n) is 13.1. The topological polar surface area (TPSA) is 79.7 Å². The molecule has 188 valence electrons. The highest BCUT2D eigenvalue weighted by molar-refractivity contribution is 5.83. The van der Waals surface area contributed by atoms with E-state index in [4.69, 9.17) is 0 Å². The molecule has 0 aliphatic heterocycles. The molecule has 1 aliphatic carbocycles. The number of hydrogen-bond acceptors (Lipinski definition) is 5. The third-order valence-corrected chi connectivity index (χ3v) is 7.52. The van der Waals surface area contributed by atoms with E-state index in [1.54, 1.807) is 0 Å². The van der Waals surface area contributed by atoms with Crippen LogP contribution in [0.1, 0.15) is 73.7 Å². The Morgan fingerprint density at radius 2 is 1.83 bits per heavy atom. The first kappa shape index (κ1) is 24.4. The van der Waals surface area contributed by atoms with E-state index < -0.39 is 0 Å². The zero-order chi connectivity index (χ0) is 25.2. The van der Waals surface area contributed by atoms with Crippen LogP contribution in [0.4, 0.5) is 0 Å². The summed E-state index contributed by atoms with van der Waals surface area (Å²) in [5.74, 6) is 1.14. The van der Waals surface area contributed by atoms with Crippen LogP contribution in [0, 0.1) is 19.8 Å². The van der Waals surface area contributed by atoms with Gasteiger partial charge in [-0.3, -0.25) is 9.69 Å². The minimum atomic E-state index is -0.0121. The molecule has 2 aromatic heterocycles. The second-order valence-electron chi connectivity index (χ2n) is 10.6. The molecule has 1 atom stereocenters. The molecule has 2 heterocycles. The third kappa shape index (κ3) is 4.98. The summed E-state index contributed by atoms with van der Waals surface area (Å²) in [5.41, 5.74) is 5.19. The molecule has 36 heavy (non-hydrogen) atoms. The SMILES string of the molecule is Cc1cc(C)c2cc(CN(C3CCCC3)[C@H](c3nnnn3Cc3ccccc3)C(C)C)c(=O)[nH]c2c1. The maximum Gasteiger partial charge on any atom is 0.252 e. The van der Waals surface area contributed by atoms with Crippen LogP contribution in [0.25, 0.3) is 10.9 Å². The number of pyridine rings is 1. The van der Waals surface area contributed by atoms with E-state index in [9.17, 15) is 4.79 Å². The van der Waals surface area contributed by atoms with Gasteiger partial charge in [-0.1, -0.05) is 63.1 Å².